The molecule has 0 saturated heterocycles. The number of nitrogens with one attached hydrogen (secondary N) is 2. The van der Waals surface area contributed by atoms with Crippen molar-refractivity contribution >= 4 is 45.6 Å². The molecule has 0 fully saturated rings. The fraction of sp³-hybridized carbons (Fsp3) is 0.500. The first-order valence-corrected chi connectivity index (χ1v) is 18.5. The van der Waals surface area contributed by atoms with E-state index in [1.807, 2.05) is 32.0 Å². The van der Waals surface area contributed by atoms with Gasteiger partial charge < -0.3 is 41.3 Å². The number of nitrogens with two attached hydrogens (primary N) is 1. The van der Waals surface area contributed by atoms with Crippen molar-refractivity contribution < 1.29 is 54.6 Å². The van der Waals surface area contributed by atoms with Gasteiger partial charge >= 0.3 is 26.4 Å². The third-order valence-electron chi connectivity index (χ3n) is 10.7. The number of fused-ring (bicyclic) bond motifs is 8. The number of aromatic nitrogens is 4. The molecule has 15 heteroatoms. The summed E-state index contributed by atoms with van der Waals surface area (Å²) >= 11 is 0. The summed E-state index contributed by atoms with van der Waals surface area (Å²) in [4.78, 5) is 73.4. The molecule has 298 valence electrons. The minimum atomic E-state index is -1.19. The van der Waals surface area contributed by atoms with Crippen LogP contribution in [0.1, 0.15) is 131 Å². The molecule has 3 aromatic heterocycles. The van der Waals surface area contributed by atoms with Gasteiger partial charge in [0.1, 0.15) is 0 Å². The average molecular weight is 848 g/mol. The number of ether oxygens (including phenoxy) is 1. The molecule has 0 spiro atoms. The molecule has 14 nitrogen and oxygen atoms in total. The number of carbonyl (C=O) groups excluding carboxylic acids is 4. The number of carbonyl (C=O) groups is 4. The van der Waals surface area contributed by atoms with E-state index in [9.17, 15) is 29.4 Å². The molecule has 5 rings (SSSR count). The predicted molar refractivity (Wildman–Crippen MR) is 203 cm³/mol. The standard InChI is InChI=1S/C40H53N7O7.Pd/c1-8-25-19(2)28-16-33-36(23(6)49)21(4)30(45-33)14-29-20(3)26(9-10-34(51)42-12-11-41)38(46-29)27(13-35(52)54-7)39-37(40(53)43-17-24(50)18-48)22(5)31(47-39)15-32(25)44-28;/h14-16,19-20,24-26,48,50H,8-13,17-18,41H2,1-7H3,(H4,42,43,44,45,46,47,49,51,53);/q;+2/p-2/t19-,20+,24?,25-,26+;/m1./s1. The van der Waals surface area contributed by atoms with E-state index in [0.29, 0.717) is 69.7 Å². The zero-order chi connectivity index (χ0) is 39.4. The van der Waals surface area contributed by atoms with Crippen molar-refractivity contribution in [2.24, 2.45) is 5.73 Å². The van der Waals surface area contributed by atoms with Gasteiger partial charge in [-0.15, -0.1) is 22.1 Å². The minimum absolute atomic E-state index is 0. The third-order valence-corrected chi connectivity index (χ3v) is 10.7. The number of ketones is 1. The van der Waals surface area contributed by atoms with Gasteiger partial charge in [0.25, 0.3) is 0 Å². The number of aliphatic hydroxyl groups is 2. The van der Waals surface area contributed by atoms with Crippen molar-refractivity contribution in [3.63, 3.8) is 0 Å². The van der Waals surface area contributed by atoms with E-state index >= 15 is 0 Å². The quantitative estimate of drug-likeness (QED) is 0.0951. The normalized spacial score (nSPS) is 18.3. The number of hydrogen-bond donors (Lipinski definition) is 5. The van der Waals surface area contributed by atoms with Gasteiger partial charge in [0.05, 0.1) is 26.2 Å². The Morgan fingerprint density at radius 2 is 1.55 bits per heavy atom. The van der Waals surface area contributed by atoms with Crippen molar-refractivity contribution in [2.45, 2.75) is 97.0 Å². The van der Waals surface area contributed by atoms with Gasteiger partial charge in [-0.1, -0.05) is 50.1 Å². The Labute approximate surface area is 334 Å². The molecule has 0 radical (unpaired) electrons. The molecular formula is C40H51N7O7Pd. The number of amides is 2. The van der Waals surface area contributed by atoms with Crippen LogP contribution >= 0.6 is 0 Å². The van der Waals surface area contributed by atoms with Crippen LogP contribution < -0.4 is 26.3 Å². The zero-order valence-corrected chi connectivity index (χ0v) is 33.9. The Morgan fingerprint density at radius 1 is 0.927 bits per heavy atom. The maximum atomic E-state index is 14.1. The predicted octanol–water partition coefficient (Wildman–Crippen LogP) is 3.23. The molecule has 5 heterocycles. The van der Waals surface area contributed by atoms with E-state index in [1.165, 1.54) is 14.0 Å². The minimum Gasteiger partial charge on any atom is -0.657 e. The van der Waals surface area contributed by atoms with Crippen LogP contribution in [0.25, 0.3) is 22.1 Å². The van der Waals surface area contributed by atoms with Gasteiger partial charge in [-0.25, -0.2) is 0 Å². The van der Waals surface area contributed by atoms with E-state index in [1.54, 1.807) is 6.92 Å². The summed E-state index contributed by atoms with van der Waals surface area (Å²) in [6.07, 6.45) is -0.231. The first kappa shape index (κ1) is 43.5. The number of Topliss-reactive ketones (excluding diaryl/α,β-unsaturated/α-hetero) is 1. The van der Waals surface area contributed by atoms with Gasteiger partial charge in [-0.3, -0.25) is 29.1 Å². The second-order valence-corrected chi connectivity index (χ2v) is 14.3. The summed E-state index contributed by atoms with van der Waals surface area (Å²) in [5.74, 6) is -2.15. The largest absolute Gasteiger partial charge is 2.00 e. The smallest absolute Gasteiger partial charge is 0.657 e. The van der Waals surface area contributed by atoms with E-state index < -0.39 is 30.5 Å². The first-order valence-electron chi connectivity index (χ1n) is 18.5. The Bertz CT molecular complexity index is 2110. The maximum Gasteiger partial charge on any atom is 2.00 e. The second-order valence-electron chi connectivity index (χ2n) is 14.3. The van der Waals surface area contributed by atoms with Crippen LogP contribution in [0.5, 0.6) is 0 Å². The number of hydrogen-bond acceptors (Lipinski definition) is 10. The van der Waals surface area contributed by atoms with E-state index in [-0.39, 0.29) is 80.3 Å². The van der Waals surface area contributed by atoms with Crippen LogP contribution in [0.2, 0.25) is 0 Å². The van der Waals surface area contributed by atoms with Gasteiger partial charge in [0, 0.05) is 83.6 Å². The number of esters is 1. The molecule has 55 heavy (non-hydrogen) atoms. The summed E-state index contributed by atoms with van der Waals surface area (Å²) in [6, 6.07) is 5.58. The molecule has 2 amide bonds. The van der Waals surface area contributed by atoms with Crippen LogP contribution in [0.4, 0.5) is 0 Å². The van der Waals surface area contributed by atoms with E-state index in [2.05, 4.69) is 24.5 Å². The molecule has 1 unspecified atom stereocenters. The molecule has 3 aromatic rings. The van der Waals surface area contributed by atoms with Crippen molar-refractivity contribution in [3.05, 3.63) is 68.8 Å². The molecule has 0 aliphatic carbocycles. The molecule has 2 aliphatic rings. The van der Waals surface area contributed by atoms with Crippen LogP contribution in [0, 0.1) is 13.8 Å². The Kier molecular flexibility index (Phi) is 14.7. The topological polar surface area (TPSA) is 222 Å². The van der Waals surface area contributed by atoms with Gasteiger partial charge in [-0.2, -0.15) is 0 Å². The maximum absolute atomic E-state index is 14.1. The number of rotatable bonds is 13. The van der Waals surface area contributed by atoms with Crippen LogP contribution in [-0.4, -0.2) is 83.2 Å². The Balaban J connectivity index is 0.00000673. The van der Waals surface area contributed by atoms with Crippen LogP contribution in [0.3, 0.4) is 0 Å². The monoisotopic (exact) mass is 847 g/mol. The summed E-state index contributed by atoms with van der Waals surface area (Å²) in [5.41, 5.74) is 12.3. The molecule has 5 atom stereocenters. The number of aryl methyl sites for hydroxylation is 2. The van der Waals surface area contributed by atoms with Gasteiger partial charge in [-0.05, 0) is 39.2 Å². The van der Waals surface area contributed by atoms with Crippen LogP contribution in [-0.2, 0) is 41.2 Å². The fourth-order valence-electron chi connectivity index (χ4n) is 7.63. The molecular weight excluding hydrogens is 797 g/mol. The number of aliphatic hydroxyl groups excluding tert-OH is 2. The first-order chi connectivity index (χ1) is 25.7. The van der Waals surface area contributed by atoms with E-state index in [4.69, 9.17) is 30.4 Å². The summed E-state index contributed by atoms with van der Waals surface area (Å²) in [5, 5.41) is 25.1. The number of nitrogens with zero attached hydrogens (tertiary/aromatic N) is 4. The van der Waals surface area contributed by atoms with E-state index in [0.717, 1.165) is 17.8 Å². The SMILES string of the molecule is CC[C@H]1c2cc3[n-]c(c(CC(=O)OC)c4nc(cc5[n-]c(cc(n2)[C@@H]1C)c(C(C)=O)c5C)[C@@H](C)[C@@H]4CCC(=O)NCCN)c(C(=O)NCC(O)CO)c3C.[Pd+2]. The Hall–Kier alpha value is -4.26. The fourth-order valence-corrected chi connectivity index (χ4v) is 7.63. The van der Waals surface area contributed by atoms with Crippen molar-refractivity contribution in [1.29, 1.82) is 0 Å². The Morgan fingerprint density at radius 3 is 2.18 bits per heavy atom. The zero-order valence-electron chi connectivity index (χ0n) is 32.4. The van der Waals surface area contributed by atoms with Crippen LogP contribution in [0.15, 0.2) is 18.2 Å². The summed E-state index contributed by atoms with van der Waals surface area (Å²) < 4.78 is 5.16. The molecule has 6 N–H and O–H groups in total. The molecule has 8 bridgehead atoms. The molecule has 2 aliphatic heterocycles. The van der Waals surface area contributed by atoms with Crippen molar-refractivity contribution in [1.82, 2.24) is 30.6 Å². The van der Waals surface area contributed by atoms with Crippen molar-refractivity contribution in [3.8, 4) is 0 Å². The van der Waals surface area contributed by atoms with Gasteiger partial charge in [0.15, 0.2) is 5.78 Å². The summed E-state index contributed by atoms with van der Waals surface area (Å²) in [6.45, 7) is 11.1. The molecule has 0 saturated carbocycles. The molecule has 0 aromatic carbocycles. The van der Waals surface area contributed by atoms with Crippen molar-refractivity contribution in [2.75, 3.05) is 33.4 Å². The number of methoxy groups -OCH3 is 1. The van der Waals surface area contributed by atoms with Gasteiger partial charge in [0.2, 0.25) is 11.8 Å². The third kappa shape index (κ3) is 9.08. The second kappa shape index (κ2) is 18.6. The summed E-state index contributed by atoms with van der Waals surface area (Å²) in [7, 11) is 1.28. The average Bonchev–Trinajstić information content (AvgIpc) is 3.83.